The van der Waals surface area contributed by atoms with Crippen molar-refractivity contribution in [3.05, 3.63) is 35.1 Å². The lowest BCUT2D eigenvalue weighted by Gasteiger charge is -2.22. The molecule has 1 rings (SSSR count). The Morgan fingerprint density at radius 3 is 1.80 bits per heavy atom. The highest BCUT2D eigenvalue weighted by molar-refractivity contribution is 5.33. The summed E-state index contributed by atoms with van der Waals surface area (Å²) in [4.78, 5) is 0. The highest BCUT2D eigenvalue weighted by atomic mass is 19.3. The highest BCUT2D eigenvalue weighted by Gasteiger charge is 2.31. The van der Waals surface area contributed by atoms with Crippen LogP contribution in [0.4, 0.5) is 13.2 Å². The fourth-order valence-corrected chi connectivity index (χ4v) is 1.45. The molecule has 0 spiro atoms. The molecule has 1 aromatic carbocycles. The molecule has 0 amide bonds. The second-order valence-corrected chi connectivity index (χ2v) is 4.81. The third-order valence-electron chi connectivity index (χ3n) is 2.28. The molecule has 15 heavy (non-hydrogen) atoms. The van der Waals surface area contributed by atoms with Crippen molar-refractivity contribution in [2.24, 2.45) is 0 Å². The number of rotatable bonds is 1. The molecule has 0 radical (unpaired) electrons. The molecule has 0 fully saturated rings. The summed E-state index contributed by atoms with van der Waals surface area (Å²) in [5.74, 6) is -3.93. The number of alkyl halides is 2. The third kappa shape index (κ3) is 2.52. The van der Waals surface area contributed by atoms with Crippen LogP contribution in [0, 0.1) is 5.82 Å². The maximum absolute atomic E-state index is 13.8. The summed E-state index contributed by atoms with van der Waals surface area (Å²) < 4.78 is 39.9. The van der Waals surface area contributed by atoms with Crippen molar-refractivity contribution in [1.29, 1.82) is 0 Å². The minimum Gasteiger partial charge on any atom is -0.206 e. The van der Waals surface area contributed by atoms with Gasteiger partial charge in [-0.15, -0.1) is 0 Å². The minimum atomic E-state index is -3.13. The van der Waals surface area contributed by atoms with Crippen LogP contribution in [0.3, 0.4) is 0 Å². The van der Waals surface area contributed by atoms with Crippen LogP contribution in [-0.2, 0) is 11.3 Å². The molecule has 0 nitrogen and oxygen atoms in total. The number of halogens is 3. The van der Waals surface area contributed by atoms with Gasteiger partial charge >= 0.3 is 0 Å². The first-order chi connectivity index (χ1) is 6.64. The zero-order valence-corrected chi connectivity index (χ0v) is 9.37. The molecule has 1 aromatic rings. The Kier molecular flexibility index (Phi) is 2.85. The smallest absolute Gasteiger partial charge is 0.206 e. The van der Waals surface area contributed by atoms with Gasteiger partial charge in [-0.1, -0.05) is 39.0 Å². The van der Waals surface area contributed by atoms with Gasteiger partial charge in [0.2, 0.25) is 0 Å². The zero-order chi connectivity index (χ0) is 11.9. The van der Waals surface area contributed by atoms with Crippen LogP contribution in [-0.4, -0.2) is 0 Å². The van der Waals surface area contributed by atoms with E-state index in [1.165, 1.54) is 6.07 Å². The fraction of sp³-hybridized carbons (Fsp3) is 0.500. The van der Waals surface area contributed by atoms with Crippen molar-refractivity contribution in [1.82, 2.24) is 0 Å². The molecule has 84 valence electrons. The van der Waals surface area contributed by atoms with E-state index < -0.39 is 22.7 Å². The van der Waals surface area contributed by atoms with Crippen LogP contribution in [0.25, 0.3) is 0 Å². The van der Waals surface area contributed by atoms with Crippen molar-refractivity contribution < 1.29 is 13.2 Å². The zero-order valence-electron chi connectivity index (χ0n) is 9.37. The number of benzene rings is 1. The summed E-state index contributed by atoms with van der Waals surface area (Å²) in [6.07, 6.45) is 0. The Hall–Kier alpha value is -0.990. The predicted octanol–water partition coefficient (Wildman–Crippen LogP) is 4.23. The molecule has 0 aliphatic carbocycles. The summed E-state index contributed by atoms with van der Waals surface area (Å²) in [6, 6.07) is 4.14. The fourth-order valence-electron chi connectivity index (χ4n) is 1.45. The van der Waals surface area contributed by atoms with Gasteiger partial charge in [-0.05, 0) is 11.0 Å². The lowest BCUT2D eigenvalue weighted by molar-refractivity contribution is 0.0135. The molecule has 0 saturated heterocycles. The SMILES string of the molecule is CC(C)(C)c1cccc(C(C)(F)F)c1F. The second-order valence-electron chi connectivity index (χ2n) is 4.81. The van der Waals surface area contributed by atoms with Gasteiger partial charge in [0.1, 0.15) is 5.82 Å². The molecule has 0 aliphatic rings. The molecular formula is C12H15F3. The van der Waals surface area contributed by atoms with Gasteiger partial charge in [-0.3, -0.25) is 0 Å². The summed E-state index contributed by atoms with van der Waals surface area (Å²) in [7, 11) is 0. The molecule has 0 N–H and O–H groups in total. The van der Waals surface area contributed by atoms with Gasteiger partial charge in [0.05, 0.1) is 5.56 Å². The first-order valence-electron chi connectivity index (χ1n) is 4.81. The van der Waals surface area contributed by atoms with E-state index in [1.807, 2.05) is 0 Å². The Labute approximate surface area is 88.1 Å². The van der Waals surface area contributed by atoms with Gasteiger partial charge in [0.15, 0.2) is 0 Å². The van der Waals surface area contributed by atoms with E-state index in [1.54, 1.807) is 26.8 Å². The third-order valence-corrected chi connectivity index (χ3v) is 2.28. The van der Waals surface area contributed by atoms with Gasteiger partial charge in [-0.25, -0.2) is 13.2 Å². The van der Waals surface area contributed by atoms with Crippen molar-refractivity contribution >= 4 is 0 Å². The van der Waals surface area contributed by atoms with E-state index in [9.17, 15) is 13.2 Å². The molecule has 0 aliphatic heterocycles. The molecule has 0 bridgehead atoms. The second kappa shape index (κ2) is 3.54. The molecule has 0 aromatic heterocycles. The highest BCUT2D eigenvalue weighted by Crippen LogP contribution is 2.34. The van der Waals surface area contributed by atoms with E-state index in [-0.39, 0.29) is 0 Å². The summed E-state index contributed by atoms with van der Waals surface area (Å²) >= 11 is 0. The predicted molar refractivity (Wildman–Crippen MR) is 54.7 cm³/mol. The van der Waals surface area contributed by atoms with Crippen LogP contribution >= 0.6 is 0 Å². The molecule has 0 unspecified atom stereocenters. The monoisotopic (exact) mass is 216 g/mol. The standard InChI is InChI=1S/C12H15F3/c1-11(2,3)8-6-5-7-9(10(8)13)12(4,14)15/h5-7H,1-4H3. The largest absolute Gasteiger partial charge is 0.273 e. The molecule has 0 heterocycles. The quantitative estimate of drug-likeness (QED) is 0.658. The number of hydrogen-bond donors (Lipinski definition) is 0. The molecule has 0 saturated carbocycles. The van der Waals surface area contributed by atoms with Crippen molar-refractivity contribution in [2.45, 2.75) is 39.0 Å². The maximum atomic E-state index is 13.8. The van der Waals surface area contributed by atoms with Gasteiger partial charge in [-0.2, -0.15) is 0 Å². The topological polar surface area (TPSA) is 0 Å². The average molecular weight is 216 g/mol. The van der Waals surface area contributed by atoms with Gasteiger partial charge in [0, 0.05) is 6.92 Å². The lowest BCUT2D eigenvalue weighted by Crippen LogP contribution is -2.18. The van der Waals surface area contributed by atoms with E-state index in [0.29, 0.717) is 12.5 Å². The molecule has 3 heteroatoms. The van der Waals surface area contributed by atoms with E-state index in [4.69, 9.17) is 0 Å². The summed E-state index contributed by atoms with van der Waals surface area (Å²) in [6.45, 7) is 6.09. The Morgan fingerprint density at radius 1 is 0.933 bits per heavy atom. The minimum absolute atomic E-state index is 0.321. The van der Waals surface area contributed by atoms with E-state index >= 15 is 0 Å². The van der Waals surface area contributed by atoms with Crippen molar-refractivity contribution in [3.63, 3.8) is 0 Å². The average Bonchev–Trinajstić information content (AvgIpc) is 1.99. The Morgan fingerprint density at radius 2 is 1.40 bits per heavy atom. The lowest BCUT2D eigenvalue weighted by atomic mass is 9.85. The van der Waals surface area contributed by atoms with Crippen molar-refractivity contribution in [3.8, 4) is 0 Å². The first kappa shape index (κ1) is 12.1. The van der Waals surface area contributed by atoms with Crippen LogP contribution in [0.15, 0.2) is 18.2 Å². The first-order valence-corrected chi connectivity index (χ1v) is 4.81. The van der Waals surface area contributed by atoms with Crippen LogP contribution < -0.4 is 0 Å². The number of hydrogen-bond acceptors (Lipinski definition) is 0. The van der Waals surface area contributed by atoms with Gasteiger partial charge < -0.3 is 0 Å². The maximum Gasteiger partial charge on any atom is 0.273 e. The summed E-state index contributed by atoms with van der Waals surface area (Å²) in [5, 5.41) is 0. The summed E-state index contributed by atoms with van der Waals surface area (Å²) in [5.41, 5.74) is -0.679. The Bertz CT molecular complexity index is 324. The normalized spacial score (nSPS) is 13.0. The van der Waals surface area contributed by atoms with Crippen LogP contribution in [0.2, 0.25) is 0 Å². The van der Waals surface area contributed by atoms with E-state index in [0.717, 1.165) is 6.07 Å². The van der Waals surface area contributed by atoms with Crippen LogP contribution in [0.5, 0.6) is 0 Å². The Balaban J connectivity index is 3.37. The molecular weight excluding hydrogens is 201 g/mol. The van der Waals surface area contributed by atoms with E-state index in [2.05, 4.69) is 0 Å². The van der Waals surface area contributed by atoms with Crippen LogP contribution in [0.1, 0.15) is 38.8 Å². The van der Waals surface area contributed by atoms with Gasteiger partial charge in [0.25, 0.3) is 5.92 Å². The molecule has 0 atom stereocenters. The van der Waals surface area contributed by atoms with Crippen molar-refractivity contribution in [2.75, 3.05) is 0 Å².